The first-order valence-corrected chi connectivity index (χ1v) is 5.64. The summed E-state index contributed by atoms with van der Waals surface area (Å²) in [6.45, 7) is -0.251. The van der Waals surface area contributed by atoms with Crippen molar-refractivity contribution in [1.82, 2.24) is 4.90 Å². The van der Waals surface area contributed by atoms with Crippen LogP contribution in [0.15, 0.2) is 0 Å². The molecule has 0 saturated carbocycles. The molecule has 0 aromatic heterocycles. The van der Waals surface area contributed by atoms with Crippen molar-refractivity contribution >= 4 is 11.9 Å². The summed E-state index contributed by atoms with van der Waals surface area (Å²) in [6.07, 6.45) is -5.69. The molecule has 2 heterocycles. The van der Waals surface area contributed by atoms with Crippen LogP contribution in [-0.4, -0.2) is 66.1 Å². The molecule has 0 aromatic carbocycles. The number of carbonyl (C=O) groups excluding carboxylic acids is 1. The van der Waals surface area contributed by atoms with Crippen molar-refractivity contribution in [2.75, 3.05) is 19.8 Å². The van der Waals surface area contributed by atoms with Crippen LogP contribution in [0.1, 0.15) is 6.42 Å². The molecule has 0 aromatic rings. The molecule has 6 nitrogen and oxygen atoms in total. The molecule has 2 saturated heterocycles. The van der Waals surface area contributed by atoms with E-state index >= 15 is 0 Å². The van der Waals surface area contributed by atoms with Crippen molar-refractivity contribution in [1.29, 1.82) is 0 Å². The van der Waals surface area contributed by atoms with Crippen molar-refractivity contribution in [3.8, 4) is 0 Å². The second-order valence-corrected chi connectivity index (χ2v) is 4.37. The molecule has 2 rings (SSSR count). The fraction of sp³-hybridized carbons (Fsp3) is 0.800. The van der Waals surface area contributed by atoms with Crippen molar-refractivity contribution in [3.05, 3.63) is 0 Å². The third-order valence-corrected chi connectivity index (χ3v) is 3.19. The molecule has 1 amide bonds. The fourth-order valence-electron chi connectivity index (χ4n) is 2.33. The molecule has 2 fully saturated rings. The summed E-state index contributed by atoms with van der Waals surface area (Å²) in [6, 6.07) is -2.54. The van der Waals surface area contributed by atoms with E-state index in [0.717, 1.165) is 0 Å². The van der Waals surface area contributed by atoms with Crippen molar-refractivity contribution in [2.45, 2.75) is 30.8 Å². The fourth-order valence-corrected chi connectivity index (χ4v) is 2.33. The van der Waals surface area contributed by atoms with Crippen LogP contribution >= 0.6 is 0 Å². The number of carboxylic acid groups (broad SMARTS) is 1. The average molecular weight is 283 g/mol. The van der Waals surface area contributed by atoms with Crippen LogP contribution in [0.25, 0.3) is 0 Å². The second kappa shape index (κ2) is 4.97. The number of ether oxygens (including phenoxy) is 2. The van der Waals surface area contributed by atoms with Gasteiger partial charge in [-0.2, -0.15) is 13.2 Å². The lowest BCUT2D eigenvalue weighted by molar-refractivity contribution is -0.215. The number of carboxylic acids is 1. The number of carbonyl (C=O) groups is 2. The number of alkyl halides is 3. The topological polar surface area (TPSA) is 76.1 Å². The van der Waals surface area contributed by atoms with E-state index in [0.29, 0.717) is 4.90 Å². The lowest BCUT2D eigenvalue weighted by atomic mass is 9.99. The molecule has 0 radical (unpaired) electrons. The maximum Gasteiger partial charge on any atom is 0.471 e. The summed E-state index contributed by atoms with van der Waals surface area (Å²) in [7, 11) is 0. The number of aliphatic carboxylic acids is 1. The van der Waals surface area contributed by atoms with Gasteiger partial charge in [0.1, 0.15) is 6.10 Å². The molecule has 1 unspecified atom stereocenters. The number of fused-ring (bicyclic) bond motifs is 1. The van der Waals surface area contributed by atoms with Gasteiger partial charge in [-0.1, -0.05) is 0 Å². The van der Waals surface area contributed by atoms with Crippen molar-refractivity contribution in [2.24, 2.45) is 0 Å². The Morgan fingerprint density at radius 2 is 1.95 bits per heavy atom. The predicted molar refractivity (Wildman–Crippen MR) is 53.3 cm³/mol. The smallest absolute Gasteiger partial charge is 0.471 e. The molecular weight excluding hydrogens is 271 g/mol. The van der Waals surface area contributed by atoms with Crippen LogP contribution in [0.4, 0.5) is 13.2 Å². The van der Waals surface area contributed by atoms with Gasteiger partial charge in [0.15, 0.2) is 6.04 Å². The molecule has 1 N–H and O–H groups in total. The lowest BCUT2D eigenvalue weighted by Gasteiger charge is -2.46. The minimum Gasteiger partial charge on any atom is -0.480 e. The van der Waals surface area contributed by atoms with Gasteiger partial charge in [0, 0.05) is 6.61 Å². The summed E-state index contributed by atoms with van der Waals surface area (Å²) in [5.74, 6) is -3.65. The third-order valence-electron chi connectivity index (χ3n) is 3.19. The third kappa shape index (κ3) is 2.66. The first kappa shape index (κ1) is 14.1. The Kier molecular flexibility index (Phi) is 3.68. The first-order valence-electron chi connectivity index (χ1n) is 5.64. The molecule has 0 bridgehead atoms. The quantitative estimate of drug-likeness (QED) is 0.734. The Labute approximate surface area is 106 Å². The Bertz CT molecular complexity index is 386. The van der Waals surface area contributed by atoms with E-state index in [2.05, 4.69) is 0 Å². The first-order chi connectivity index (χ1) is 8.82. The molecular formula is C10H12F3NO5. The standard InChI is InChI=1S/C10H12F3NO5/c11-10(12,13)9(17)14-5-1-2-18-4-7(5)19-3-6(14)8(15)16/h5-7H,1-4H2,(H,15,16)/t5-,6?,7+/m1/s1. The van der Waals surface area contributed by atoms with E-state index in [9.17, 15) is 22.8 Å². The zero-order valence-corrected chi connectivity index (χ0v) is 9.72. The van der Waals surface area contributed by atoms with Crippen LogP contribution in [0.3, 0.4) is 0 Å². The number of hydrogen-bond donors (Lipinski definition) is 1. The molecule has 2 aliphatic rings. The van der Waals surface area contributed by atoms with E-state index in [4.69, 9.17) is 14.6 Å². The van der Waals surface area contributed by atoms with Gasteiger partial charge in [0.05, 0.1) is 19.3 Å². The monoisotopic (exact) mass is 283 g/mol. The van der Waals surface area contributed by atoms with Gasteiger partial charge in [-0.3, -0.25) is 4.79 Å². The van der Waals surface area contributed by atoms with Gasteiger partial charge >= 0.3 is 18.1 Å². The van der Waals surface area contributed by atoms with Crippen LogP contribution in [0, 0.1) is 0 Å². The van der Waals surface area contributed by atoms with E-state index in [-0.39, 0.29) is 19.6 Å². The number of rotatable bonds is 1. The highest BCUT2D eigenvalue weighted by molar-refractivity contribution is 5.87. The van der Waals surface area contributed by atoms with E-state index in [1.165, 1.54) is 0 Å². The number of nitrogens with zero attached hydrogens (tertiary/aromatic N) is 1. The minimum atomic E-state index is -5.10. The number of amides is 1. The van der Waals surface area contributed by atoms with Gasteiger partial charge in [-0.15, -0.1) is 0 Å². The van der Waals surface area contributed by atoms with Gasteiger partial charge in [-0.05, 0) is 6.42 Å². The molecule has 3 atom stereocenters. The van der Waals surface area contributed by atoms with Crippen molar-refractivity contribution < 1.29 is 37.3 Å². The van der Waals surface area contributed by atoms with E-state index < -0.39 is 42.8 Å². The van der Waals surface area contributed by atoms with E-state index in [1.807, 2.05) is 0 Å². The summed E-state index contributed by atoms with van der Waals surface area (Å²) < 4.78 is 48.0. The highest BCUT2D eigenvalue weighted by atomic mass is 19.4. The Morgan fingerprint density at radius 1 is 1.26 bits per heavy atom. The summed E-state index contributed by atoms with van der Waals surface area (Å²) >= 11 is 0. The number of morpholine rings is 1. The van der Waals surface area contributed by atoms with Gasteiger partial charge < -0.3 is 19.5 Å². The number of halogens is 3. The minimum absolute atomic E-state index is 0.0542. The SMILES string of the molecule is O=C(O)C1CO[C@H]2COCC[C@H]2N1C(=O)C(F)(F)F. The van der Waals surface area contributed by atoms with Gasteiger partial charge in [-0.25, -0.2) is 4.79 Å². The molecule has 19 heavy (non-hydrogen) atoms. The maximum absolute atomic E-state index is 12.6. The Balaban J connectivity index is 2.29. The lowest BCUT2D eigenvalue weighted by Crippen LogP contribution is -2.65. The zero-order chi connectivity index (χ0) is 14.2. The van der Waals surface area contributed by atoms with Gasteiger partial charge in [0.2, 0.25) is 0 Å². The van der Waals surface area contributed by atoms with Crippen molar-refractivity contribution in [3.63, 3.8) is 0 Å². The predicted octanol–water partition coefficient (Wildman–Crippen LogP) is 0.0182. The second-order valence-electron chi connectivity index (χ2n) is 4.37. The summed E-state index contributed by atoms with van der Waals surface area (Å²) in [5.41, 5.74) is 0. The van der Waals surface area contributed by atoms with Crippen LogP contribution in [0.5, 0.6) is 0 Å². The van der Waals surface area contributed by atoms with Crippen LogP contribution in [0.2, 0.25) is 0 Å². The maximum atomic E-state index is 12.6. The highest BCUT2D eigenvalue weighted by Crippen LogP contribution is 2.30. The molecule has 108 valence electrons. The Morgan fingerprint density at radius 3 is 2.53 bits per heavy atom. The van der Waals surface area contributed by atoms with Gasteiger partial charge in [0.25, 0.3) is 0 Å². The zero-order valence-electron chi connectivity index (χ0n) is 9.72. The number of hydrogen-bond acceptors (Lipinski definition) is 4. The molecule has 9 heteroatoms. The largest absolute Gasteiger partial charge is 0.480 e. The molecule has 0 spiro atoms. The Hall–Kier alpha value is -1.35. The molecule has 2 aliphatic heterocycles. The van der Waals surface area contributed by atoms with E-state index in [1.54, 1.807) is 0 Å². The normalized spacial score (nSPS) is 31.7. The summed E-state index contributed by atoms with van der Waals surface area (Å²) in [5, 5.41) is 8.94. The highest BCUT2D eigenvalue weighted by Gasteiger charge is 2.53. The molecule has 0 aliphatic carbocycles. The van der Waals surface area contributed by atoms with Crippen LogP contribution in [-0.2, 0) is 19.1 Å². The summed E-state index contributed by atoms with van der Waals surface area (Å²) in [4.78, 5) is 22.8. The van der Waals surface area contributed by atoms with Crippen LogP contribution < -0.4 is 0 Å². The average Bonchev–Trinajstić information content (AvgIpc) is 2.35.